The maximum absolute atomic E-state index is 13.0. The van der Waals surface area contributed by atoms with Gasteiger partial charge in [-0.25, -0.2) is 0 Å². The Balaban J connectivity index is 1.82. The highest BCUT2D eigenvalue weighted by Gasteiger charge is 2.47. The van der Waals surface area contributed by atoms with Crippen LogP contribution in [0.15, 0.2) is 72.9 Å². The average Bonchev–Trinajstić information content (AvgIpc) is 3.37. The molecule has 2 fully saturated rings. The second-order valence-electron chi connectivity index (χ2n) is 19.0. The number of aliphatic hydroxyl groups is 7. The van der Waals surface area contributed by atoms with Crippen molar-refractivity contribution in [2.75, 3.05) is 26.4 Å². The molecule has 2 saturated heterocycles. The minimum Gasteiger partial charge on any atom is -0.462 e. The monoisotopic (exact) mass is 1020 g/mol. The molecule has 2 rings (SSSR count). The molecule has 0 aromatic rings. The van der Waals surface area contributed by atoms with Crippen LogP contribution in [0.1, 0.15) is 181 Å². The average molecular weight is 1020 g/mol. The van der Waals surface area contributed by atoms with E-state index in [0.717, 1.165) is 57.8 Å². The van der Waals surface area contributed by atoms with Gasteiger partial charge in [-0.3, -0.25) is 9.59 Å². The summed E-state index contributed by atoms with van der Waals surface area (Å²) in [5.74, 6) is -1.03. The Morgan fingerprint density at radius 1 is 0.444 bits per heavy atom. The lowest BCUT2D eigenvalue weighted by Crippen LogP contribution is -2.61. The van der Waals surface area contributed by atoms with Gasteiger partial charge in [-0.1, -0.05) is 164 Å². The van der Waals surface area contributed by atoms with Crippen molar-refractivity contribution in [3.63, 3.8) is 0 Å². The minimum atomic E-state index is -1.78. The molecule has 4 unspecified atom stereocenters. The predicted molar refractivity (Wildman–Crippen MR) is 279 cm³/mol. The Bertz CT molecular complexity index is 1530. The van der Waals surface area contributed by atoms with E-state index in [1.165, 1.54) is 77.0 Å². The fourth-order valence-electron chi connectivity index (χ4n) is 8.13. The van der Waals surface area contributed by atoms with Crippen molar-refractivity contribution in [2.45, 2.75) is 248 Å². The van der Waals surface area contributed by atoms with Gasteiger partial charge in [-0.05, 0) is 77.0 Å². The van der Waals surface area contributed by atoms with Crippen molar-refractivity contribution in [2.24, 2.45) is 0 Å². The molecule has 0 aromatic carbocycles. The van der Waals surface area contributed by atoms with Gasteiger partial charge in [0.25, 0.3) is 0 Å². The molecule has 15 nitrogen and oxygen atoms in total. The number of allylic oxidation sites excluding steroid dienone is 12. The number of ether oxygens (including phenoxy) is 6. The van der Waals surface area contributed by atoms with Crippen LogP contribution in [0.4, 0.5) is 0 Å². The molecule has 72 heavy (non-hydrogen) atoms. The van der Waals surface area contributed by atoms with E-state index >= 15 is 0 Å². The molecule has 2 heterocycles. The zero-order chi connectivity index (χ0) is 52.4. The molecule has 7 N–H and O–H groups in total. The number of carbonyl (C=O) groups is 2. The molecule has 0 aromatic heterocycles. The van der Waals surface area contributed by atoms with Crippen LogP contribution in [-0.2, 0) is 38.0 Å². The van der Waals surface area contributed by atoms with Crippen LogP contribution in [0.2, 0.25) is 0 Å². The first-order valence-electron chi connectivity index (χ1n) is 27.5. The van der Waals surface area contributed by atoms with Crippen LogP contribution in [0.5, 0.6) is 0 Å². The molecule has 0 saturated carbocycles. The lowest BCUT2D eigenvalue weighted by molar-refractivity contribution is -0.332. The summed E-state index contributed by atoms with van der Waals surface area (Å²) in [7, 11) is 0. The van der Waals surface area contributed by atoms with Crippen LogP contribution in [0.25, 0.3) is 0 Å². The highest BCUT2D eigenvalue weighted by molar-refractivity contribution is 5.70. The molecule has 0 bridgehead atoms. The summed E-state index contributed by atoms with van der Waals surface area (Å²) in [6.45, 7) is 2.48. The van der Waals surface area contributed by atoms with Crippen LogP contribution >= 0.6 is 0 Å². The molecule has 2 aliphatic heterocycles. The second-order valence-corrected chi connectivity index (χ2v) is 19.0. The van der Waals surface area contributed by atoms with Crippen molar-refractivity contribution in [3.8, 4) is 0 Å². The van der Waals surface area contributed by atoms with Crippen LogP contribution in [0, 0.1) is 0 Å². The SMILES string of the molecule is CCCCC/C=C/C/C=C/C/C=C/C/C=C/C/C=C/CCC(=O)O[C@H](COC(=O)CCCCCCCCC/C=C/CCCCCCCC)CO[C@H]1O[C@@H](CO[C@H]2O[C@@H](CO)[C@@H](O)C(O)C2O)[C@@H](O)C(O)C1O. The Labute approximate surface area is 432 Å². The summed E-state index contributed by atoms with van der Waals surface area (Å²) < 4.78 is 33.5. The summed E-state index contributed by atoms with van der Waals surface area (Å²) in [5, 5.41) is 72.2. The zero-order valence-electron chi connectivity index (χ0n) is 43.9. The van der Waals surface area contributed by atoms with E-state index in [2.05, 4.69) is 74.6 Å². The van der Waals surface area contributed by atoms with Gasteiger partial charge in [0.05, 0.1) is 19.8 Å². The summed E-state index contributed by atoms with van der Waals surface area (Å²) in [6.07, 6.45) is 35.1. The van der Waals surface area contributed by atoms with Gasteiger partial charge in [-0.2, -0.15) is 0 Å². The number of unbranched alkanes of at least 4 members (excludes halogenated alkanes) is 16. The smallest absolute Gasteiger partial charge is 0.306 e. The van der Waals surface area contributed by atoms with Crippen molar-refractivity contribution in [1.82, 2.24) is 0 Å². The number of esters is 2. The molecule has 11 atom stereocenters. The Kier molecular flexibility index (Phi) is 39.0. The van der Waals surface area contributed by atoms with Gasteiger partial charge in [0.2, 0.25) is 0 Å². The third-order valence-electron chi connectivity index (χ3n) is 12.7. The third kappa shape index (κ3) is 30.3. The first kappa shape index (κ1) is 65.1. The molecule has 0 amide bonds. The van der Waals surface area contributed by atoms with Crippen LogP contribution in [0.3, 0.4) is 0 Å². The van der Waals surface area contributed by atoms with Gasteiger partial charge in [0, 0.05) is 12.8 Å². The van der Waals surface area contributed by atoms with E-state index in [4.69, 9.17) is 28.4 Å². The predicted octanol–water partition coefficient (Wildman–Crippen LogP) is 8.60. The maximum atomic E-state index is 13.0. The van der Waals surface area contributed by atoms with E-state index in [0.29, 0.717) is 19.3 Å². The number of rotatable bonds is 42. The Morgan fingerprint density at radius 2 is 0.861 bits per heavy atom. The van der Waals surface area contributed by atoms with Gasteiger partial charge < -0.3 is 64.2 Å². The highest BCUT2D eigenvalue weighted by atomic mass is 16.7. The number of hydrogen-bond acceptors (Lipinski definition) is 15. The minimum absolute atomic E-state index is 0.0380. The van der Waals surface area contributed by atoms with Gasteiger partial charge in [0.1, 0.15) is 55.4 Å². The summed E-state index contributed by atoms with van der Waals surface area (Å²) >= 11 is 0. The van der Waals surface area contributed by atoms with E-state index in [9.17, 15) is 45.3 Å². The summed E-state index contributed by atoms with van der Waals surface area (Å²) in [4.78, 5) is 25.8. The normalized spacial score (nSPS) is 25.6. The molecule has 0 radical (unpaired) electrons. The van der Waals surface area contributed by atoms with Crippen LogP contribution in [-0.4, -0.2) is 142 Å². The van der Waals surface area contributed by atoms with Crippen molar-refractivity contribution >= 4 is 11.9 Å². The molecular formula is C57H96O15. The van der Waals surface area contributed by atoms with E-state index in [1.807, 2.05) is 12.2 Å². The fourth-order valence-corrected chi connectivity index (χ4v) is 8.13. The summed E-state index contributed by atoms with van der Waals surface area (Å²) in [6, 6.07) is 0. The zero-order valence-corrected chi connectivity index (χ0v) is 43.9. The molecule has 414 valence electrons. The van der Waals surface area contributed by atoms with E-state index in [1.54, 1.807) is 0 Å². The first-order chi connectivity index (χ1) is 35.0. The second kappa shape index (κ2) is 43.2. The molecule has 2 aliphatic rings. The molecule has 0 spiro atoms. The van der Waals surface area contributed by atoms with Crippen LogP contribution < -0.4 is 0 Å². The van der Waals surface area contributed by atoms with Crippen molar-refractivity contribution in [1.29, 1.82) is 0 Å². The van der Waals surface area contributed by atoms with E-state index in [-0.39, 0.29) is 19.4 Å². The van der Waals surface area contributed by atoms with Gasteiger partial charge in [0.15, 0.2) is 18.7 Å². The number of carbonyl (C=O) groups excluding carboxylic acids is 2. The summed E-state index contributed by atoms with van der Waals surface area (Å²) in [5.41, 5.74) is 0. The fraction of sp³-hybridized carbons (Fsp3) is 0.754. The highest BCUT2D eigenvalue weighted by Crippen LogP contribution is 2.26. The van der Waals surface area contributed by atoms with Crippen molar-refractivity contribution < 1.29 is 73.8 Å². The maximum Gasteiger partial charge on any atom is 0.306 e. The Morgan fingerprint density at radius 3 is 1.40 bits per heavy atom. The molecule has 15 heteroatoms. The number of aliphatic hydroxyl groups excluding tert-OH is 7. The number of hydrogen-bond donors (Lipinski definition) is 7. The quantitative estimate of drug-likeness (QED) is 0.0172. The molecular weight excluding hydrogens is 925 g/mol. The van der Waals surface area contributed by atoms with Gasteiger partial charge in [-0.15, -0.1) is 0 Å². The van der Waals surface area contributed by atoms with Crippen molar-refractivity contribution in [3.05, 3.63) is 72.9 Å². The lowest BCUT2D eigenvalue weighted by atomic mass is 9.98. The van der Waals surface area contributed by atoms with Gasteiger partial charge >= 0.3 is 11.9 Å². The third-order valence-corrected chi connectivity index (χ3v) is 12.7. The standard InChI is InChI=1S/C57H96O15/c1-3-5-7-9-11-13-15-17-19-21-22-24-26-28-30-32-34-36-38-40-49(60)70-45(42-67-48(59)39-37-35-33-31-29-27-25-23-20-18-16-14-12-10-8-6-4-2)43-68-56-55(66)53(64)51(62)47(72-56)44-69-57-54(65)52(63)50(61)46(41-58)71-57/h11,13,17-20,22,24,28,30,34,36,45-47,50-58,61-66H,3-10,12,14-16,21,23,25-27,29,31-33,35,37-44H2,1-2H3/b13-11+,19-17+,20-18+,24-22+,30-28+,36-34+/t45-,46+,47+,50-,51-,52?,53?,54?,55?,56+,57+/m1/s1. The first-order valence-corrected chi connectivity index (χ1v) is 27.5. The largest absolute Gasteiger partial charge is 0.462 e. The molecule has 0 aliphatic carbocycles. The lowest BCUT2D eigenvalue weighted by Gasteiger charge is -2.42. The van der Waals surface area contributed by atoms with E-state index < -0.39 is 99.3 Å². The topological polar surface area (TPSA) is 231 Å². The Hall–Kier alpha value is -3.06.